The number of amides is 1. The van der Waals surface area contributed by atoms with Gasteiger partial charge in [0.25, 0.3) is 5.91 Å². The highest BCUT2D eigenvalue weighted by atomic mass is 16.7. The lowest BCUT2D eigenvalue weighted by Crippen LogP contribution is -2.41. The highest BCUT2D eigenvalue weighted by molar-refractivity contribution is 5.95. The van der Waals surface area contributed by atoms with Crippen LogP contribution in [0.1, 0.15) is 34.6 Å². The topological polar surface area (TPSA) is 51.7 Å². The van der Waals surface area contributed by atoms with Gasteiger partial charge in [-0.2, -0.15) is 0 Å². The quantitative estimate of drug-likeness (QED) is 0.835. The third-order valence-corrected chi connectivity index (χ3v) is 4.31. The summed E-state index contributed by atoms with van der Waals surface area (Å²) < 4.78 is 11.1. The largest absolute Gasteiger partial charge is 0.350 e. The molecule has 0 saturated carbocycles. The van der Waals surface area contributed by atoms with Crippen LogP contribution in [-0.2, 0) is 9.47 Å². The van der Waals surface area contributed by atoms with E-state index in [4.69, 9.17) is 9.47 Å². The Kier molecular flexibility index (Phi) is 4.22. The van der Waals surface area contributed by atoms with Crippen molar-refractivity contribution in [2.24, 2.45) is 5.92 Å². The summed E-state index contributed by atoms with van der Waals surface area (Å²) in [6.07, 6.45) is 1.81. The van der Waals surface area contributed by atoms with E-state index in [2.05, 4.69) is 4.98 Å². The van der Waals surface area contributed by atoms with E-state index in [0.717, 1.165) is 37.3 Å². The molecule has 1 aromatic heterocycles. The fraction of sp³-hybridized carbons (Fsp3) is 0.625. The zero-order valence-electron chi connectivity index (χ0n) is 12.7. The fourth-order valence-electron chi connectivity index (χ4n) is 3.11. The van der Waals surface area contributed by atoms with Gasteiger partial charge >= 0.3 is 0 Å². The Labute approximate surface area is 125 Å². The normalized spacial score (nSPS) is 21.0. The minimum atomic E-state index is -0.0648. The van der Waals surface area contributed by atoms with Crippen LogP contribution in [0.4, 0.5) is 0 Å². The molecule has 1 aromatic rings. The second kappa shape index (κ2) is 6.12. The number of hydrogen-bond acceptors (Lipinski definition) is 4. The summed E-state index contributed by atoms with van der Waals surface area (Å²) in [6.45, 7) is 6.75. The van der Waals surface area contributed by atoms with Crippen molar-refractivity contribution in [2.75, 3.05) is 26.3 Å². The highest BCUT2D eigenvalue weighted by Crippen LogP contribution is 2.26. The molecule has 0 radical (unpaired) electrons. The molecule has 21 heavy (non-hydrogen) atoms. The Morgan fingerprint density at radius 2 is 1.86 bits per heavy atom. The second-order valence-electron chi connectivity index (χ2n) is 5.83. The molecule has 5 nitrogen and oxygen atoms in total. The van der Waals surface area contributed by atoms with Crippen molar-refractivity contribution >= 4 is 5.91 Å². The monoisotopic (exact) mass is 290 g/mol. The predicted molar refractivity (Wildman–Crippen MR) is 78.0 cm³/mol. The molecule has 2 aliphatic heterocycles. The van der Waals surface area contributed by atoms with Gasteiger partial charge in [0, 0.05) is 24.7 Å². The first-order chi connectivity index (χ1) is 10.1. The molecule has 0 atom stereocenters. The van der Waals surface area contributed by atoms with Gasteiger partial charge in [0.1, 0.15) is 0 Å². The summed E-state index contributed by atoms with van der Waals surface area (Å²) in [7, 11) is 0. The van der Waals surface area contributed by atoms with E-state index in [0.29, 0.717) is 24.7 Å². The van der Waals surface area contributed by atoms with Gasteiger partial charge in [-0.25, -0.2) is 0 Å². The molecule has 2 saturated heterocycles. The van der Waals surface area contributed by atoms with Crippen LogP contribution < -0.4 is 0 Å². The van der Waals surface area contributed by atoms with Crippen molar-refractivity contribution in [1.29, 1.82) is 0 Å². The molecule has 1 amide bonds. The molecule has 0 spiro atoms. The first-order valence-corrected chi connectivity index (χ1v) is 7.62. The average molecular weight is 290 g/mol. The number of likely N-dealkylation sites (tertiary alicyclic amines) is 1. The Balaban J connectivity index is 1.62. The van der Waals surface area contributed by atoms with Crippen LogP contribution in [0.15, 0.2) is 12.1 Å². The molecule has 0 N–H and O–H groups in total. The first kappa shape index (κ1) is 14.5. The van der Waals surface area contributed by atoms with E-state index in [-0.39, 0.29) is 12.2 Å². The van der Waals surface area contributed by atoms with Gasteiger partial charge in [-0.15, -0.1) is 0 Å². The first-order valence-electron chi connectivity index (χ1n) is 7.62. The van der Waals surface area contributed by atoms with Gasteiger partial charge in [0.2, 0.25) is 0 Å². The predicted octanol–water partition coefficient (Wildman–Crippen LogP) is 1.92. The Morgan fingerprint density at radius 3 is 2.48 bits per heavy atom. The van der Waals surface area contributed by atoms with Gasteiger partial charge in [-0.1, -0.05) is 0 Å². The van der Waals surface area contributed by atoms with E-state index < -0.39 is 0 Å². The SMILES string of the molecule is Cc1ccc(C(=O)N2CCC(C3OCCO3)CC2)c(C)n1. The van der Waals surface area contributed by atoms with Gasteiger partial charge in [0.15, 0.2) is 6.29 Å². The highest BCUT2D eigenvalue weighted by Gasteiger charge is 2.32. The molecule has 0 unspecified atom stereocenters. The van der Waals surface area contributed by atoms with Crippen LogP contribution >= 0.6 is 0 Å². The summed E-state index contributed by atoms with van der Waals surface area (Å²) in [4.78, 5) is 18.9. The van der Waals surface area contributed by atoms with Gasteiger partial charge in [-0.3, -0.25) is 9.78 Å². The number of aromatic nitrogens is 1. The fourth-order valence-corrected chi connectivity index (χ4v) is 3.11. The van der Waals surface area contributed by atoms with Crippen LogP contribution in [0.25, 0.3) is 0 Å². The van der Waals surface area contributed by atoms with Crippen LogP contribution in [0, 0.1) is 19.8 Å². The number of nitrogens with zero attached hydrogens (tertiary/aromatic N) is 2. The molecular weight excluding hydrogens is 268 g/mol. The minimum absolute atomic E-state index is 0.0648. The number of aryl methyl sites for hydroxylation is 2. The number of carbonyl (C=O) groups is 1. The smallest absolute Gasteiger partial charge is 0.255 e. The molecule has 5 heteroatoms. The molecule has 114 valence electrons. The van der Waals surface area contributed by atoms with Crippen molar-refractivity contribution in [3.8, 4) is 0 Å². The molecule has 0 aliphatic carbocycles. The maximum Gasteiger partial charge on any atom is 0.255 e. The summed E-state index contributed by atoms with van der Waals surface area (Å²) >= 11 is 0. The lowest BCUT2D eigenvalue weighted by molar-refractivity contribution is -0.0956. The number of hydrogen-bond donors (Lipinski definition) is 0. The van der Waals surface area contributed by atoms with E-state index in [1.165, 1.54) is 0 Å². The standard InChI is InChI=1S/C16H22N2O3/c1-11-3-4-14(12(2)17-11)15(19)18-7-5-13(6-8-18)16-20-9-10-21-16/h3-4,13,16H,5-10H2,1-2H3. The number of rotatable bonds is 2. The number of carbonyl (C=O) groups excluding carboxylic acids is 1. The molecular formula is C16H22N2O3. The van der Waals surface area contributed by atoms with Crippen LogP contribution in [0.3, 0.4) is 0 Å². The Bertz CT molecular complexity index is 518. The maximum absolute atomic E-state index is 12.6. The lowest BCUT2D eigenvalue weighted by atomic mass is 9.95. The number of ether oxygens (including phenoxy) is 2. The van der Waals surface area contributed by atoms with E-state index in [1.54, 1.807) is 0 Å². The summed E-state index contributed by atoms with van der Waals surface area (Å²) in [5, 5.41) is 0. The third-order valence-electron chi connectivity index (χ3n) is 4.31. The van der Waals surface area contributed by atoms with Crippen LogP contribution in [0.5, 0.6) is 0 Å². The van der Waals surface area contributed by atoms with Crippen molar-refractivity contribution in [3.63, 3.8) is 0 Å². The third kappa shape index (κ3) is 3.09. The van der Waals surface area contributed by atoms with E-state index >= 15 is 0 Å². The van der Waals surface area contributed by atoms with Gasteiger partial charge in [-0.05, 0) is 38.8 Å². The molecule has 3 rings (SSSR count). The van der Waals surface area contributed by atoms with Crippen LogP contribution in [-0.4, -0.2) is 48.4 Å². The number of pyridine rings is 1. The van der Waals surface area contributed by atoms with Gasteiger partial charge < -0.3 is 14.4 Å². The van der Waals surface area contributed by atoms with Crippen LogP contribution in [0.2, 0.25) is 0 Å². The minimum Gasteiger partial charge on any atom is -0.350 e. The van der Waals surface area contributed by atoms with Gasteiger partial charge in [0.05, 0.1) is 24.5 Å². The molecule has 3 heterocycles. The molecule has 2 fully saturated rings. The maximum atomic E-state index is 12.6. The summed E-state index contributed by atoms with van der Waals surface area (Å²) in [5.74, 6) is 0.500. The summed E-state index contributed by atoms with van der Waals surface area (Å²) in [6, 6.07) is 3.78. The Morgan fingerprint density at radius 1 is 1.19 bits per heavy atom. The zero-order valence-corrected chi connectivity index (χ0v) is 12.7. The second-order valence-corrected chi connectivity index (χ2v) is 5.83. The molecule has 2 aliphatic rings. The van der Waals surface area contributed by atoms with Crippen molar-refractivity contribution < 1.29 is 14.3 Å². The zero-order chi connectivity index (χ0) is 14.8. The lowest BCUT2D eigenvalue weighted by Gasteiger charge is -2.34. The van der Waals surface area contributed by atoms with Crippen molar-refractivity contribution in [1.82, 2.24) is 9.88 Å². The van der Waals surface area contributed by atoms with Crippen molar-refractivity contribution in [2.45, 2.75) is 33.0 Å². The molecule has 0 aromatic carbocycles. The Hall–Kier alpha value is -1.46. The average Bonchev–Trinajstić information content (AvgIpc) is 3.01. The van der Waals surface area contributed by atoms with E-state index in [1.807, 2.05) is 30.9 Å². The summed E-state index contributed by atoms with van der Waals surface area (Å²) in [5.41, 5.74) is 2.47. The number of piperidine rings is 1. The van der Waals surface area contributed by atoms with Crippen molar-refractivity contribution in [3.05, 3.63) is 29.1 Å². The molecule has 0 bridgehead atoms. The van der Waals surface area contributed by atoms with E-state index in [9.17, 15) is 4.79 Å².